The number of rotatable bonds is 3. The van der Waals surface area contributed by atoms with Crippen LogP contribution in [0.15, 0.2) is 45.5 Å². The van der Waals surface area contributed by atoms with Gasteiger partial charge in [-0.15, -0.1) is 0 Å². The van der Waals surface area contributed by atoms with E-state index >= 15 is 0 Å². The molecule has 6 heteroatoms. The minimum Gasteiger partial charge on any atom is -0.478 e. The summed E-state index contributed by atoms with van der Waals surface area (Å²) in [6.45, 7) is 0. The highest BCUT2D eigenvalue weighted by atomic mass is 79.9. The van der Waals surface area contributed by atoms with Gasteiger partial charge in [0.2, 0.25) is 0 Å². The Kier molecular flexibility index (Phi) is 3.47. The molecule has 0 atom stereocenters. The molecule has 0 saturated carbocycles. The minimum absolute atomic E-state index is 0.0907. The topological polar surface area (TPSA) is 79.5 Å². The first-order valence-corrected chi connectivity index (χ1v) is 5.75. The summed E-state index contributed by atoms with van der Waals surface area (Å²) in [6, 6.07) is 7.48. The van der Waals surface area contributed by atoms with Gasteiger partial charge in [-0.1, -0.05) is 0 Å². The summed E-state index contributed by atoms with van der Waals surface area (Å²) in [5.41, 5.74) is 0.462. The second-order valence-corrected chi connectivity index (χ2v) is 4.29. The van der Waals surface area contributed by atoms with Crippen LogP contribution in [0.25, 0.3) is 0 Å². The van der Waals surface area contributed by atoms with Crippen molar-refractivity contribution in [2.45, 2.75) is 0 Å². The number of carbonyl (C=O) groups excluding carboxylic acids is 1. The molecule has 1 aromatic heterocycles. The molecule has 2 N–H and O–H groups in total. The molecule has 2 rings (SSSR count). The van der Waals surface area contributed by atoms with Gasteiger partial charge in [-0.25, -0.2) is 4.79 Å². The Morgan fingerprint density at radius 2 is 2.06 bits per heavy atom. The second kappa shape index (κ2) is 5.05. The Labute approximate surface area is 111 Å². The summed E-state index contributed by atoms with van der Waals surface area (Å²) < 4.78 is 5.53. The van der Waals surface area contributed by atoms with E-state index < -0.39 is 11.9 Å². The number of halogens is 1. The molecule has 1 amide bonds. The van der Waals surface area contributed by atoms with Crippen molar-refractivity contribution in [3.63, 3.8) is 0 Å². The van der Waals surface area contributed by atoms with Gasteiger partial charge in [0.05, 0.1) is 17.5 Å². The lowest BCUT2D eigenvalue weighted by Crippen LogP contribution is -2.12. The molecule has 0 saturated heterocycles. The third-order valence-electron chi connectivity index (χ3n) is 2.21. The molecule has 18 heavy (non-hydrogen) atoms. The maximum Gasteiger partial charge on any atom is 0.335 e. The predicted molar refractivity (Wildman–Crippen MR) is 67.8 cm³/mol. The maximum absolute atomic E-state index is 11.7. The molecule has 92 valence electrons. The standard InChI is InChI=1S/C12H8BrNO4/c13-8-4-3-7(12(16)17)6-9(8)14-11(15)10-2-1-5-18-10/h1-6H,(H,14,15)(H,16,17). The maximum atomic E-state index is 11.7. The van der Waals surface area contributed by atoms with Crippen LogP contribution in [0.3, 0.4) is 0 Å². The molecule has 0 spiro atoms. The van der Waals surface area contributed by atoms with E-state index in [0.717, 1.165) is 0 Å². The van der Waals surface area contributed by atoms with E-state index in [9.17, 15) is 9.59 Å². The fraction of sp³-hybridized carbons (Fsp3) is 0. The van der Waals surface area contributed by atoms with Crippen LogP contribution in [0.4, 0.5) is 5.69 Å². The molecular weight excluding hydrogens is 302 g/mol. The number of nitrogens with one attached hydrogen (secondary N) is 1. The fourth-order valence-electron chi connectivity index (χ4n) is 1.35. The van der Waals surface area contributed by atoms with Crippen LogP contribution >= 0.6 is 15.9 Å². The number of hydrogen-bond acceptors (Lipinski definition) is 3. The molecule has 0 aliphatic rings. The summed E-state index contributed by atoms with van der Waals surface area (Å²) in [6.07, 6.45) is 1.39. The van der Waals surface area contributed by atoms with Gasteiger partial charge in [0, 0.05) is 4.47 Å². The van der Waals surface area contributed by atoms with Gasteiger partial charge in [-0.3, -0.25) is 4.79 Å². The first kappa shape index (κ1) is 12.4. The van der Waals surface area contributed by atoms with Gasteiger partial charge >= 0.3 is 5.97 Å². The van der Waals surface area contributed by atoms with Crippen LogP contribution in [0.5, 0.6) is 0 Å². The Hall–Kier alpha value is -2.08. The van der Waals surface area contributed by atoms with Gasteiger partial charge < -0.3 is 14.8 Å². The van der Waals surface area contributed by atoms with Gasteiger partial charge in [0.25, 0.3) is 5.91 Å². The van der Waals surface area contributed by atoms with Crippen molar-refractivity contribution in [1.82, 2.24) is 0 Å². The minimum atomic E-state index is -1.06. The van der Waals surface area contributed by atoms with Crippen molar-refractivity contribution in [2.75, 3.05) is 5.32 Å². The van der Waals surface area contributed by atoms with Crippen LogP contribution < -0.4 is 5.32 Å². The number of carboxylic acids is 1. The number of carbonyl (C=O) groups is 2. The van der Waals surface area contributed by atoms with E-state index in [1.807, 2.05) is 0 Å². The Morgan fingerprint density at radius 3 is 2.67 bits per heavy atom. The monoisotopic (exact) mass is 309 g/mol. The molecule has 0 fully saturated rings. The Morgan fingerprint density at radius 1 is 1.28 bits per heavy atom. The zero-order valence-corrected chi connectivity index (χ0v) is 10.6. The predicted octanol–water partition coefficient (Wildman–Crippen LogP) is 2.99. The van der Waals surface area contributed by atoms with Crippen molar-refractivity contribution in [1.29, 1.82) is 0 Å². The smallest absolute Gasteiger partial charge is 0.335 e. The second-order valence-electron chi connectivity index (χ2n) is 3.43. The molecule has 0 bridgehead atoms. The van der Waals surface area contributed by atoms with E-state index in [1.165, 1.54) is 24.5 Å². The average Bonchev–Trinajstić information content (AvgIpc) is 2.85. The highest BCUT2D eigenvalue weighted by Crippen LogP contribution is 2.24. The van der Waals surface area contributed by atoms with Crippen LogP contribution in [-0.4, -0.2) is 17.0 Å². The van der Waals surface area contributed by atoms with Crippen LogP contribution in [0.2, 0.25) is 0 Å². The van der Waals surface area contributed by atoms with Crippen LogP contribution in [0.1, 0.15) is 20.9 Å². The average molecular weight is 310 g/mol. The Bertz CT molecular complexity index is 592. The van der Waals surface area contributed by atoms with E-state index in [0.29, 0.717) is 10.2 Å². The quantitative estimate of drug-likeness (QED) is 0.913. The highest BCUT2D eigenvalue weighted by Gasteiger charge is 2.12. The third kappa shape index (κ3) is 2.60. The zero-order valence-electron chi connectivity index (χ0n) is 9.01. The summed E-state index contributed by atoms with van der Waals surface area (Å²) in [5.74, 6) is -1.35. The fourth-order valence-corrected chi connectivity index (χ4v) is 1.69. The van der Waals surface area contributed by atoms with Gasteiger partial charge in [0.1, 0.15) is 0 Å². The zero-order chi connectivity index (χ0) is 13.1. The number of hydrogen-bond donors (Lipinski definition) is 2. The van der Waals surface area contributed by atoms with Gasteiger partial charge in [0.15, 0.2) is 5.76 Å². The van der Waals surface area contributed by atoms with Gasteiger partial charge in [-0.2, -0.15) is 0 Å². The van der Waals surface area contributed by atoms with Crippen molar-refractivity contribution in [2.24, 2.45) is 0 Å². The number of anilines is 1. The first-order valence-electron chi connectivity index (χ1n) is 4.95. The number of furan rings is 1. The normalized spacial score (nSPS) is 10.1. The first-order chi connectivity index (χ1) is 8.58. The van der Waals surface area contributed by atoms with Crippen molar-refractivity contribution in [3.05, 3.63) is 52.4 Å². The number of carboxylic acid groups (broad SMARTS) is 1. The molecule has 1 aromatic carbocycles. The summed E-state index contributed by atoms with van der Waals surface area (Å²) in [7, 11) is 0. The van der Waals surface area contributed by atoms with E-state index in [4.69, 9.17) is 9.52 Å². The molecule has 1 heterocycles. The van der Waals surface area contributed by atoms with Crippen molar-refractivity contribution in [3.8, 4) is 0 Å². The molecule has 0 aliphatic carbocycles. The number of aromatic carboxylic acids is 1. The van der Waals surface area contributed by atoms with Crippen molar-refractivity contribution < 1.29 is 19.1 Å². The molecule has 2 aromatic rings. The molecule has 0 unspecified atom stereocenters. The van der Waals surface area contributed by atoms with Crippen LogP contribution in [0, 0.1) is 0 Å². The molecular formula is C12H8BrNO4. The van der Waals surface area contributed by atoms with Crippen LogP contribution in [-0.2, 0) is 0 Å². The van der Waals surface area contributed by atoms with Crippen molar-refractivity contribution >= 4 is 33.5 Å². The third-order valence-corrected chi connectivity index (χ3v) is 2.90. The summed E-state index contributed by atoms with van der Waals surface area (Å²) >= 11 is 3.23. The lowest BCUT2D eigenvalue weighted by Gasteiger charge is -2.06. The SMILES string of the molecule is O=C(O)c1ccc(Br)c(NC(=O)c2ccco2)c1. The largest absolute Gasteiger partial charge is 0.478 e. The lowest BCUT2D eigenvalue weighted by atomic mass is 10.2. The number of benzene rings is 1. The lowest BCUT2D eigenvalue weighted by molar-refractivity contribution is 0.0696. The molecule has 5 nitrogen and oxygen atoms in total. The number of amides is 1. The van der Waals surface area contributed by atoms with E-state index in [2.05, 4.69) is 21.2 Å². The summed E-state index contributed by atoms with van der Waals surface area (Å²) in [4.78, 5) is 22.6. The molecule has 0 aliphatic heterocycles. The Balaban J connectivity index is 2.26. The highest BCUT2D eigenvalue weighted by molar-refractivity contribution is 9.10. The summed E-state index contributed by atoms with van der Waals surface area (Å²) in [5, 5.41) is 11.4. The van der Waals surface area contributed by atoms with E-state index in [-0.39, 0.29) is 11.3 Å². The van der Waals surface area contributed by atoms with Gasteiger partial charge in [-0.05, 0) is 46.3 Å². The van der Waals surface area contributed by atoms with E-state index in [1.54, 1.807) is 12.1 Å². The molecule has 0 radical (unpaired) electrons.